The first-order valence-electron chi connectivity index (χ1n) is 7.65. The molecule has 0 atom stereocenters. The summed E-state index contributed by atoms with van der Waals surface area (Å²) in [4.78, 5) is 14.4. The van der Waals surface area contributed by atoms with Crippen molar-refractivity contribution < 1.29 is 9.53 Å². The molecule has 0 aromatic heterocycles. The number of hydrogen-bond donors (Lipinski definition) is 2. The van der Waals surface area contributed by atoms with E-state index >= 15 is 0 Å². The molecule has 0 bridgehead atoms. The smallest absolute Gasteiger partial charge is 0.244 e. The average Bonchev–Trinajstić information content (AvgIpc) is 2.48. The minimum absolute atomic E-state index is 0. The van der Waals surface area contributed by atoms with Crippen molar-refractivity contribution in [3.63, 3.8) is 0 Å². The number of nitrogens with one attached hydrogen (secondary N) is 1. The Morgan fingerprint density at radius 1 is 1.17 bits per heavy atom. The predicted molar refractivity (Wildman–Crippen MR) is 96.4 cm³/mol. The monoisotopic (exact) mass is 361 g/mol. The second-order valence-corrected chi connectivity index (χ2v) is 6.05. The Morgan fingerprint density at radius 2 is 1.78 bits per heavy atom. The van der Waals surface area contributed by atoms with Crippen molar-refractivity contribution in [1.82, 2.24) is 4.90 Å². The highest BCUT2D eigenvalue weighted by atomic mass is 35.5. The summed E-state index contributed by atoms with van der Waals surface area (Å²) in [5.74, 6) is -0.0605. The molecule has 2 aliphatic rings. The highest BCUT2D eigenvalue weighted by Crippen LogP contribution is 2.30. The van der Waals surface area contributed by atoms with Crippen molar-refractivity contribution in [2.45, 2.75) is 31.3 Å². The molecule has 1 aromatic rings. The van der Waals surface area contributed by atoms with Crippen LogP contribution in [0.2, 0.25) is 0 Å². The molecule has 1 heterocycles. The SMILES string of the molecule is Cl.Cl.NC1(C(=O)Nc2ccc(CN3CCOCC3)cc2)CCC1. The van der Waals surface area contributed by atoms with Crippen LogP contribution in [0, 0.1) is 0 Å². The molecule has 1 saturated carbocycles. The maximum atomic E-state index is 12.1. The Kier molecular flexibility index (Phi) is 7.77. The molecule has 2 fully saturated rings. The quantitative estimate of drug-likeness (QED) is 0.862. The standard InChI is InChI=1S/C16H23N3O2.2ClH/c17-16(6-1-7-16)15(20)18-14-4-2-13(3-5-14)12-19-8-10-21-11-9-19;;/h2-5H,1,6-12,17H2,(H,18,20);2*1H. The summed E-state index contributed by atoms with van der Waals surface area (Å²) < 4.78 is 5.35. The van der Waals surface area contributed by atoms with Crippen LogP contribution in [0.4, 0.5) is 5.69 Å². The van der Waals surface area contributed by atoms with Gasteiger partial charge in [-0.05, 0) is 37.0 Å². The number of carbonyl (C=O) groups is 1. The maximum Gasteiger partial charge on any atom is 0.244 e. The second-order valence-electron chi connectivity index (χ2n) is 6.05. The van der Waals surface area contributed by atoms with Crippen molar-refractivity contribution in [3.8, 4) is 0 Å². The first kappa shape index (κ1) is 20.2. The highest BCUT2D eigenvalue weighted by molar-refractivity contribution is 5.98. The number of carbonyl (C=O) groups excluding carboxylic acids is 1. The van der Waals surface area contributed by atoms with Crippen molar-refractivity contribution in [2.24, 2.45) is 5.73 Å². The van der Waals surface area contributed by atoms with Gasteiger partial charge in [-0.2, -0.15) is 0 Å². The van der Waals surface area contributed by atoms with Crippen LogP contribution in [0.3, 0.4) is 0 Å². The summed E-state index contributed by atoms with van der Waals surface area (Å²) >= 11 is 0. The lowest BCUT2D eigenvalue weighted by molar-refractivity contribution is -0.123. The van der Waals surface area contributed by atoms with Crippen LogP contribution >= 0.6 is 24.8 Å². The number of halogens is 2. The van der Waals surface area contributed by atoms with Crippen molar-refractivity contribution in [3.05, 3.63) is 29.8 Å². The highest BCUT2D eigenvalue weighted by Gasteiger charge is 2.40. The number of nitrogens with zero attached hydrogens (tertiary/aromatic N) is 1. The summed E-state index contributed by atoms with van der Waals surface area (Å²) in [6, 6.07) is 8.04. The summed E-state index contributed by atoms with van der Waals surface area (Å²) in [7, 11) is 0. The Labute approximate surface area is 149 Å². The fourth-order valence-corrected chi connectivity index (χ4v) is 2.75. The van der Waals surface area contributed by atoms with Crippen molar-refractivity contribution >= 4 is 36.4 Å². The van der Waals surface area contributed by atoms with Gasteiger partial charge in [0, 0.05) is 25.3 Å². The largest absolute Gasteiger partial charge is 0.379 e. The molecule has 130 valence electrons. The predicted octanol–water partition coefficient (Wildman–Crippen LogP) is 2.18. The molecular weight excluding hydrogens is 337 g/mol. The molecule has 1 aliphatic carbocycles. The molecule has 3 N–H and O–H groups in total. The van der Waals surface area contributed by atoms with E-state index in [4.69, 9.17) is 10.5 Å². The van der Waals surface area contributed by atoms with E-state index < -0.39 is 5.54 Å². The Morgan fingerprint density at radius 3 is 2.30 bits per heavy atom. The van der Waals surface area contributed by atoms with Gasteiger partial charge in [0.2, 0.25) is 5.91 Å². The number of hydrogen-bond acceptors (Lipinski definition) is 4. The average molecular weight is 362 g/mol. The molecule has 23 heavy (non-hydrogen) atoms. The lowest BCUT2D eigenvalue weighted by Gasteiger charge is -2.36. The van der Waals surface area contributed by atoms with Crippen LogP contribution < -0.4 is 11.1 Å². The molecule has 0 radical (unpaired) electrons. The Balaban J connectivity index is 0.00000132. The third-order valence-electron chi connectivity index (χ3n) is 4.42. The van der Waals surface area contributed by atoms with Gasteiger partial charge in [-0.15, -0.1) is 24.8 Å². The van der Waals surface area contributed by atoms with E-state index in [-0.39, 0.29) is 30.7 Å². The molecule has 1 aliphatic heterocycles. The van der Waals surface area contributed by atoms with Crippen LogP contribution in [0.25, 0.3) is 0 Å². The van der Waals surface area contributed by atoms with Crippen molar-refractivity contribution in [1.29, 1.82) is 0 Å². The number of amides is 1. The van der Waals surface area contributed by atoms with Crippen LogP contribution in [0.15, 0.2) is 24.3 Å². The van der Waals surface area contributed by atoms with Crippen LogP contribution in [-0.4, -0.2) is 42.6 Å². The third-order valence-corrected chi connectivity index (χ3v) is 4.42. The van der Waals surface area contributed by atoms with E-state index in [9.17, 15) is 4.79 Å². The Bertz CT molecular complexity index is 501. The molecule has 7 heteroatoms. The first-order chi connectivity index (χ1) is 10.2. The van der Waals surface area contributed by atoms with Crippen LogP contribution in [-0.2, 0) is 16.1 Å². The molecule has 3 rings (SSSR count). The minimum Gasteiger partial charge on any atom is -0.379 e. The zero-order chi connectivity index (χ0) is 14.7. The van der Waals surface area contributed by atoms with E-state index in [1.54, 1.807) is 0 Å². The molecule has 1 amide bonds. The zero-order valence-electron chi connectivity index (χ0n) is 13.1. The number of morpholine rings is 1. The number of ether oxygens (including phenoxy) is 1. The number of nitrogens with two attached hydrogens (primary N) is 1. The topological polar surface area (TPSA) is 67.6 Å². The number of benzene rings is 1. The summed E-state index contributed by atoms with van der Waals surface area (Å²) in [6.45, 7) is 4.51. The molecule has 1 aromatic carbocycles. The van der Waals surface area contributed by atoms with Gasteiger partial charge in [0.05, 0.1) is 18.8 Å². The van der Waals surface area contributed by atoms with Gasteiger partial charge in [-0.3, -0.25) is 9.69 Å². The van der Waals surface area contributed by atoms with Gasteiger partial charge in [-0.1, -0.05) is 12.1 Å². The van der Waals surface area contributed by atoms with E-state index in [1.807, 2.05) is 12.1 Å². The van der Waals surface area contributed by atoms with Gasteiger partial charge < -0.3 is 15.8 Å². The van der Waals surface area contributed by atoms with E-state index in [0.717, 1.165) is 57.8 Å². The van der Waals surface area contributed by atoms with E-state index in [0.29, 0.717) is 0 Å². The second kappa shape index (κ2) is 8.85. The zero-order valence-corrected chi connectivity index (χ0v) is 14.8. The van der Waals surface area contributed by atoms with Gasteiger partial charge in [0.1, 0.15) is 0 Å². The van der Waals surface area contributed by atoms with Crippen LogP contribution in [0.1, 0.15) is 24.8 Å². The molecule has 0 unspecified atom stereocenters. The normalized spacial score (nSPS) is 19.7. The summed E-state index contributed by atoms with van der Waals surface area (Å²) in [5, 5.41) is 2.92. The fourth-order valence-electron chi connectivity index (χ4n) is 2.75. The molecule has 1 saturated heterocycles. The van der Waals surface area contributed by atoms with Gasteiger partial charge in [0.15, 0.2) is 0 Å². The Hall–Kier alpha value is -0.850. The summed E-state index contributed by atoms with van der Waals surface area (Å²) in [6.07, 6.45) is 2.62. The fraction of sp³-hybridized carbons (Fsp3) is 0.562. The van der Waals surface area contributed by atoms with Crippen molar-refractivity contribution in [2.75, 3.05) is 31.6 Å². The van der Waals surface area contributed by atoms with Gasteiger partial charge in [0.25, 0.3) is 0 Å². The lowest BCUT2D eigenvalue weighted by Crippen LogP contribution is -2.56. The lowest BCUT2D eigenvalue weighted by atomic mass is 9.77. The van der Waals surface area contributed by atoms with Gasteiger partial charge >= 0.3 is 0 Å². The van der Waals surface area contributed by atoms with E-state index in [1.165, 1.54) is 5.56 Å². The number of rotatable bonds is 4. The van der Waals surface area contributed by atoms with E-state index in [2.05, 4.69) is 22.3 Å². The minimum atomic E-state index is -0.646. The number of anilines is 1. The van der Waals surface area contributed by atoms with Gasteiger partial charge in [-0.25, -0.2) is 0 Å². The summed E-state index contributed by atoms with van der Waals surface area (Å²) in [5.41, 5.74) is 7.44. The third kappa shape index (κ3) is 5.06. The van der Waals surface area contributed by atoms with Crippen LogP contribution in [0.5, 0.6) is 0 Å². The maximum absolute atomic E-state index is 12.1. The molecule has 5 nitrogen and oxygen atoms in total. The molecular formula is C16H25Cl2N3O2. The first-order valence-corrected chi connectivity index (χ1v) is 7.65. The molecule has 0 spiro atoms.